The maximum atomic E-state index is 12.5. The summed E-state index contributed by atoms with van der Waals surface area (Å²) in [6.45, 7) is 5.57. The molecule has 1 atom stereocenters. The topological polar surface area (TPSA) is 41.1 Å². The van der Waals surface area contributed by atoms with Gasteiger partial charge in [-0.15, -0.1) is 24.2 Å². The predicted molar refractivity (Wildman–Crippen MR) is 106 cm³/mol. The van der Waals surface area contributed by atoms with Crippen LogP contribution in [0.3, 0.4) is 0 Å². The number of thioether (sulfide) groups is 1. The van der Waals surface area contributed by atoms with Crippen LogP contribution in [0.2, 0.25) is 5.02 Å². The van der Waals surface area contributed by atoms with E-state index in [1.165, 1.54) is 11.8 Å². The van der Waals surface area contributed by atoms with Gasteiger partial charge in [-0.25, -0.2) is 0 Å². The zero-order valence-corrected chi connectivity index (χ0v) is 16.1. The molecule has 0 bridgehead atoms. The van der Waals surface area contributed by atoms with Crippen LogP contribution in [0, 0.1) is 0 Å². The van der Waals surface area contributed by atoms with Gasteiger partial charge in [0.2, 0.25) is 5.91 Å². The average Bonchev–Trinajstić information content (AvgIpc) is 2.56. The molecule has 1 amide bonds. The second kappa shape index (κ2) is 10.6. The molecule has 0 saturated heterocycles. The summed E-state index contributed by atoms with van der Waals surface area (Å²) >= 11 is 7.62. The minimum absolute atomic E-state index is 0. The Morgan fingerprint density at radius 1 is 1.17 bits per heavy atom. The first-order valence-corrected chi connectivity index (χ1v) is 8.88. The van der Waals surface area contributed by atoms with Crippen LogP contribution in [-0.4, -0.2) is 17.7 Å². The number of amides is 1. The molecule has 0 radical (unpaired) electrons. The van der Waals surface area contributed by atoms with Crippen molar-refractivity contribution in [1.82, 2.24) is 5.32 Å². The van der Waals surface area contributed by atoms with Gasteiger partial charge in [0, 0.05) is 17.1 Å². The summed E-state index contributed by atoms with van der Waals surface area (Å²) < 4.78 is 0. The maximum Gasteiger partial charge on any atom is 0.237 e. The van der Waals surface area contributed by atoms with Gasteiger partial charge in [-0.3, -0.25) is 4.79 Å². The van der Waals surface area contributed by atoms with Gasteiger partial charge < -0.3 is 10.6 Å². The zero-order chi connectivity index (χ0) is 16.7. The quantitative estimate of drug-likeness (QED) is 0.660. The molecule has 0 saturated carbocycles. The van der Waals surface area contributed by atoms with Gasteiger partial charge in [0.1, 0.15) is 0 Å². The molecule has 0 aliphatic heterocycles. The van der Waals surface area contributed by atoms with Crippen LogP contribution < -0.4 is 10.6 Å². The van der Waals surface area contributed by atoms with Crippen LogP contribution in [0.1, 0.15) is 19.4 Å². The van der Waals surface area contributed by atoms with E-state index < -0.39 is 0 Å². The fourth-order valence-electron chi connectivity index (χ4n) is 2.07. The number of halogens is 2. The van der Waals surface area contributed by atoms with E-state index in [1.807, 2.05) is 55.5 Å². The highest BCUT2D eigenvalue weighted by Gasteiger charge is 2.16. The van der Waals surface area contributed by atoms with Crippen LogP contribution in [0.15, 0.2) is 53.4 Å². The number of hydrogen-bond donors (Lipinski definition) is 2. The van der Waals surface area contributed by atoms with Crippen LogP contribution in [0.4, 0.5) is 5.69 Å². The minimum Gasteiger partial charge on any atom is -0.325 e. The third-order valence-electron chi connectivity index (χ3n) is 3.35. The first-order chi connectivity index (χ1) is 11.1. The monoisotopic (exact) mass is 384 g/mol. The molecule has 2 aromatic rings. The summed E-state index contributed by atoms with van der Waals surface area (Å²) in [6, 6.07) is 15.4. The molecular weight excluding hydrogens is 363 g/mol. The molecule has 2 aromatic carbocycles. The average molecular weight is 385 g/mol. The minimum atomic E-state index is -0.234. The Morgan fingerprint density at radius 2 is 1.83 bits per heavy atom. The number of carbonyl (C=O) groups excluding carboxylic acids is 1. The van der Waals surface area contributed by atoms with E-state index >= 15 is 0 Å². The summed E-state index contributed by atoms with van der Waals surface area (Å²) in [5.41, 5.74) is 1.93. The molecule has 0 aliphatic carbocycles. The molecule has 3 nitrogen and oxygen atoms in total. The van der Waals surface area contributed by atoms with Crippen molar-refractivity contribution in [3.63, 3.8) is 0 Å². The number of carbonyl (C=O) groups is 1. The highest BCUT2D eigenvalue weighted by molar-refractivity contribution is 8.00. The van der Waals surface area contributed by atoms with Crippen LogP contribution >= 0.6 is 35.8 Å². The van der Waals surface area contributed by atoms with Gasteiger partial charge in [0.25, 0.3) is 0 Å². The Balaban J connectivity index is 0.00000288. The van der Waals surface area contributed by atoms with Crippen molar-refractivity contribution in [2.75, 3.05) is 11.9 Å². The van der Waals surface area contributed by atoms with Gasteiger partial charge in [-0.1, -0.05) is 48.9 Å². The van der Waals surface area contributed by atoms with Crippen molar-refractivity contribution in [3.8, 4) is 0 Å². The molecule has 2 N–H and O–H groups in total. The predicted octanol–water partition coefficient (Wildman–Crippen LogP) is 4.99. The van der Waals surface area contributed by atoms with Crippen LogP contribution in [0.5, 0.6) is 0 Å². The second-order valence-corrected chi connectivity index (χ2v) is 6.91. The smallest absolute Gasteiger partial charge is 0.237 e. The van der Waals surface area contributed by atoms with E-state index in [-0.39, 0.29) is 23.6 Å². The van der Waals surface area contributed by atoms with Crippen molar-refractivity contribution in [1.29, 1.82) is 0 Å². The normalized spacial score (nSPS) is 11.5. The van der Waals surface area contributed by atoms with Gasteiger partial charge in [0.05, 0.1) is 10.3 Å². The standard InChI is InChI=1S/C18H21ClN2OS.ClH/c1-3-20-12-14-8-4-6-10-16(14)21-18(22)13(2)23-17-11-7-5-9-15(17)19;/h4-11,13,20H,3,12H2,1-2H3,(H,21,22);1H. The second-order valence-electron chi connectivity index (χ2n) is 5.12. The Hall–Kier alpha value is -1.20. The SMILES string of the molecule is CCNCc1ccccc1NC(=O)C(C)Sc1ccccc1Cl.Cl. The number of benzene rings is 2. The van der Waals surface area contributed by atoms with Crippen LogP contribution in [-0.2, 0) is 11.3 Å². The van der Waals surface area contributed by atoms with Crippen molar-refractivity contribution in [3.05, 3.63) is 59.1 Å². The largest absolute Gasteiger partial charge is 0.325 e. The Labute approximate surface area is 159 Å². The molecule has 24 heavy (non-hydrogen) atoms. The fourth-order valence-corrected chi connectivity index (χ4v) is 3.23. The number of hydrogen-bond acceptors (Lipinski definition) is 3. The summed E-state index contributed by atoms with van der Waals surface area (Å²) in [5, 5.41) is 6.73. The molecule has 0 heterocycles. The number of nitrogens with one attached hydrogen (secondary N) is 2. The Kier molecular flexibility index (Phi) is 9.22. The molecule has 0 aromatic heterocycles. The molecule has 0 fully saturated rings. The van der Waals surface area contributed by atoms with Crippen molar-refractivity contribution >= 4 is 47.4 Å². The Morgan fingerprint density at radius 3 is 2.54 bits per heavy atom. The number of anilines is 1. The van der Waals surface area contributed by atoms with Crippen LogP contribution in [0.25, 0.3) is 0 Å². The maximum absolute atomic E-state index is 12.5. The van der Waals surface area contributed by atoms with E-state index in [9.17, 15) is 4.79 Å². The van der Waals surface area contributed by atoms with Gasteiger partial charge in [0.15, 0.2) is 0 Å². The van der Waals surface area contributed by atoms with Crippen molar-refractivity contribution in [2.45, 2.75) is 30.5 Å². The molecular formula is C18H22Cl2N2OS. The number of para-hydroxylation sites is 1. The summed E-state index contributed by atoms with van der Waals surface area (Å²) in [4.78, 5) is 13.4. The lowest BCUT2D eigenvalue weighted by Gasteiger charge is -2.15. The lowest BCUT2D eigenvalue weighted by molar-refractivity contribution is -0.115. The lowest BCUT2D eigenvalue weighted by atomic mass is 10.1. The molecule has 130 valence electrons. The summed E-state index contributed by atoms with van der Waals surface area (Å²) in [7, 11) is 0. The summed E-state index contributed by atoms with van der Waals surface area (Å²) in [5.74, 6) is -0.0288. The highest BCUT2D eigenvalue weighted by atomic mass is 35.5. The first kappa shape index (κ1) is 20.8. The molecule has 0 aliphatic rings. The van der Waals surface area contributed by atoms with E-state index in [2.05, 4.69) is 17.6 Å². The number of rotatable bonds is 7. The Bertz CT molecular complexity index is 667. The van der Waals surface area contributed by atoms with E-state index in [1.54, 1.807) is 0 Å². The van der Waals surface area contributed by atoms with Gasteiger partial charge in [-0.05, 0) is 37.2 Å². The third-order valence-corrected chi connectivity index (χ3v) is 4.97. The van der Waals surface area contributed by atoms with Crippen molar-refractivity contribution < 1.29 is 4.79 Å². The molecule has 6 heteroatoms. The van der Waals surface area contributed by atoms with E-state index in [0.717, 1.165) is 29.2 Å². The molecule has 1 unspecified atom stereocenters. The van der Waals surface area contributed by atoms with E-state index in [4.69, 9.17) is 11.6 Å². The lowest BCUT2D eigenvalue weighted by Crippen LogP contribution is -2.24. The third kappa shape index (κ3) is 6.02. The molecule has 0 spiro atoms. The van der Waals surface area contributed by atoms with Gasteiger partial charge >= 0.3 is 0 Å². The fraction of sp³-hybridized carbons (Fsp3) is 0.278. The first-order valence-electron chi connectivity index (χ1n) is 7.62. The van der Waals surface area contributed by atoms with Crippen molar-refractivity contribution in [2.24, 2.45) is 0 Å². The zero-order valence-electron chi connectivity index (χ0n) is 13.7. The highest BCUT2D eigenvalue weighted by Crippen LogP contribution is 2.30. The summed E-state index contributed by atoms with van der Waals surface area (Å²) in [6.07, 6.45) is 0. The van der Waals surface area contributed by atoms with Gasteiger partial charge in [-0.2, -0.15) is 0 Å². The van der Waals surface area contributed by atoms with E-state index in [0.29, 0.717) is 5.02 Å². The molecule has 2 rings (SSSR count).